The van der Waals surface area contributed by atoms with E-state index in [4.69, 9.17) is 16.3 Å². The van der Waals surface area contributed by atoms with Gasteiger partial charge in [0.05, 0.1) is 12.5 Å². The Balaban J connectivity index is 1.74. The van der Waals surface area contributed by atoms with Gasteiger partial charge in [-0.25, -0.2) is 9.97 Å². The fourth-order valence-corrected chi connectivity index (χ4v) is 2.96. The zero-order chi connectivity index (χ0) is 18.1. The molecule has 26 heavy (non-hydrogen) atoms. The van der Waals surface area contributed by atoms with E-state index in [1.54, 1.807) is 13.4 Å². The summed E-state index contributed by atoms with van der Waals surface area (Å²) in [5.74, 6) is 1.55. The van der Waals surface area contributed by atoms with Gasteiger partial charge in [-0.3, -0.25) is 0 Å². The number of ether oxygens (including phenoxy) is 1. The topological polar surface area (TPSA) is 62.8 Å². The number of fused-ring (bicyclic) bond motifs is 1. The minimum Gasteiger partial charge on any atom is -0.497 e. The van der Waals surface area contributed by atoms with Crippen molar-refractivity contribution in [1.29, 1.82) is 0 Å². The lowest BCUT2D eigenvalue weighted by Crippen LogP contribution is -1.95. The molecular formula is C20H17ClN4O. The first-order valence-corrected chi connectivity index (χ1v) is 8.53. The second kappa shape index (κ2) is 6.69. The largest absolute Gasteiger partial charge is 0.497 e. The second-order valence-electron chi connectivity index (χ2n) is 5.99. The van der Waals surface area contributed by atoms with Crippen LogP contribution in [0.5, 0.6) is 5.75 Å². The molecule has 2 aromatic heterocycles. The molecule has 2 aromatic carbocycles. The van der Waals surface area contributed by atoms with Crippen molar-refractivity contribution in [3.63, 3.8) is 0 Å². The molecule has 0 aliphatic heterocycles. The van der Waals surface area contributed by atoms with Gasteiger partial charge in [-0.1, -0.05) is 23.7 Å². The summed E-state index contributed by atoms with van der Waals surface area (Å²) in [6, 6.07) is 15.7. The number of H-pyrrole nitrogens is 1. The summed E-state index contributed by atoms with van der Waals surface area (Å²) in [5, 5.41) is 5.00. The van der Waals surface area contributed by atoms with E-state index >= 15 is 0 Å². The van der Waals surface area contributed by atoms with Crippen molar-refractivity contribution in [3.8, 4) is 17.0 Å². The third kappa shape index (κ3) is 3.09. The van der Waals surface area contributed by atoms with Gasteiger partial charge in [0.1, 0.15) is 23.5 Å². The molecule has 0 bridgehead atoms. The van der Waals surface area contributed by atoms with Crippen LogP contribution in [0.25, 0.3) is 22.3 Å². The molecule has 130 valence electrons. The van der Waals surface area contributed by atoms with Gasteiger partial charge >= 0.3 is 0 Å². The highest BCUT2D eigenvalue weighted by Gasteiger charge is 2.10. The maximum Gasteiger partial charge on any atom is 0.143 e. The number of benzene rings is 2. The van der Waals surface area contributed by atoms with Crippen LogP contribution in [0.15, 0.2) is 54.9 Å². The maximum atomic E-state index is 6.11. The molecule has 5 nitrogen and oxygen atoms in total. The van der Waals surface area contributed by atoms with E-state index in [0.29, 0.717) is 0 Å². The van der Waals surface area contributed by atoms with Crippen LogP contribution in [0.2, 0.25) is 5.02 Å². The van der Waals surface area contributed by atoms with Gasteiger partial charge in [-0.2, -0.15) is 0 Å². The average molecular weight is 365 g/mol. The third-order valence-electron chi connectivity index (χ3n) is 4.23. The van der Waals surface area contributed by atoms with E-state index in [-0.39, 0.29) is 0 Å². The van der Waals surface area contributed by atoms with Gasteiger partial charge in [-0.05, 0) is 48.9 Å². The van der Waals surface area contributed by atoms with Crippen molar-refractivity contribution < 1.29 is 4.74 Å². The van der Waals surface area contributed by atoms with Gasteiger partial charge in [0, 0.05) is 22.0 Å². The van der Waals surface area contributed by atoms with Crippen molar-refractivity contribution in [1.82, 2.24) is 15.0 Å². The normalized spacial score (nSPS) is 10.9. The summed E-state index contributed by atoms with van der Waals surface area (Å²) in [5.41, 5.74) is 4.68. The number of methoxy groups -OCH3 is 1. The summed E-state index contributed by atoms with van der Waals surface area (Å²) in [6.45, 7) is 1.97. The molecule has 0 unspecified atom stereocenters. The van der Waals surface area contributed by atoms with Crippen LogP contribution >= 0.6 is 11.6 Å². The van der Waals surface area contributed by atoms with Crippen molar-refractivity contribution in [2.45, 2.75) is 6.92 Å². The number of nitrogens with one attached hydrogen (secondary N) is 2. The second-order valence-corrected chi connectivity index (χ2v) is 6.40. The molecule has 4 aromatic rings. The zero-order valence-corrected chi connectivity index (χ0v) is 15.1. The summed E-state index contributed by atoms with van der Waals surface area (Å²) < 4.78 is 5.31. The van der Waals surface area contributed by atoms with Crippen LogP contribution in [-0.4, -0.2) is 22.1 Å². The van der Waals surface area contributed by atoms with Crippen molar-refractivity contribution in [2.24, 2.45) is 0 Å². The Kier molecular flexibility index (Phi) is 4.22. The highest BCUT2D eigenvalue weighted by atomic mass is 35.5. The van der Waals surface area contributed by atoms with E-state index in [1.165, 1.54) is 0 Å². The van der Waals surface area contributed by atoms with Gasteiger partial charge in [-0.15, -0.1) is 0 Å². The van der Waals surface area contributed by atoms with Crippen molar-refractivity contribution in [3.05, 3.63) is 65.4 Å². The molecule has 0 spiro atoms. The first-order valence-electron chi connectivity index (χ1n) is 8.15. The molecule has 4 rings (SSSR count). The zero-order valence-electron chi connectivity index (χ0n) is 14.4. The number of nitrogens with zero attached hydrogens (tertiary/aromatic N) is 2. The summed E-state index contributed by atoms with van der Waals surface area (Å²) in [4.78, 5) is 12.1. The number of hydrogen-bond acceptors (Lipinski definition) is 4. The lowest BCUT2D eigenvalue weighted by molar-refractivity contribution is 0.415. The molecule has 0 aliphatic rings. The average Bonchev–Trinajstić information content (AvgIpc) is 3.10. The highest BCUT2D eigenvalue weighted by Crippen LogP contribution is 2.30. The predicted molar refractivity (Wildman–Crippen MR) is 105 cm³/mol. The van der Waals surface area contributed by atoms with Gasteiger partial charge in [0.25, 0.3) is 0 Å². The smallest absolute Gasteiger partial charge is 0.143 e. The Morgan fingerprint density at radius 3 is 2.77 bits per heavy atom. The Morgan fingerprint density at radius 1 is 1.08 bits per heavy atom. The lowest BCUT2D eigenvalue weighted by Gasteiger charge is -2.07. The van der Waals surface area contributed by atoms with E-state index in [0.717, 1.165) is 50.1 Å². The molecule has 0 aliphatic carbocycles. The lowest BCUT2D eigenvalue weighted by atomic mass is 10.1. The van der Waals surface area contributed by atoms with Gasteiger partial charge in [0.15, 0.2) is 0 Å². The Labute approximate surface area is 156 Å². The summed E-state index contributed by atoms with van der Waals surface area (Å²) in [7, 11) is 1.66. The van der Waals surface area contributed by atoms with Crippen molar-refractivity contribution in [2.75, 3.05) is 12.4 Å². The first kappa shape index (κ1) is 16.4. The highest BCUT2D eigenvalue weighted by molar-refractivity contribution is 6.31. The SMILES string of the molecule is COc1cccc(-c2cc3c(Nc4ccc(Cl)c(C)c4)ncnc3[nH]2)c1. The fraction of sp³-hybridized carbons (Fsp3) is 0.100. The molecule has 2 N–H and O–H groups in total. The maximum absolute atomic E-state index is 6.11. The van der Waals surface area contributed by atoms with Crippen LogP contribution < -0.4 is 10.1 Å². The number of aromatic nitrogens is 3. The van der Waals surface area contributed by atoms with Crippen molar-refractivity contribution >= 4 is 34.1 Å². The molecule has 6 heteroatoms. The van der Waals surface area contributed by atoms with Gasteiger partial charge in [0.2, 0.25) is 0 Å². The molecule has 0 saturated carbocycles. The Hall–Kier alpha value is -3.05. The standard InChI is InChI=1S/C20H17ClN4O/c1-12-8-14(6-7-17(12)21)24-19-16-10-18(25-20(16)23-11-22-19)13-4-3-5-15(9-13)26-2/h3-11H,1-2H3,(H2,22,23,24,25). The van der Waals surface area contributed by atoms with Crippen LogP contribution in [-0.2, 0) is 0 Å². The third-order valence-corrected chi connectivity index (χ3v) is 4.65. The molecule has 2 heterocycles. The summed E-state index contributed by atoms with van der Waals surface area (Å²) in [6.07, 6.45) is 1.54. The number of aryl methyl sites for hydroxylation is 1. The minimum absolute atomic E-state index is 0.738. The van der Waals surface area contributed by atoms with Crippen LogP contribution in [0, 0.1) is 6.92 Å². The number of hydrogen-bond donors (Lipinski definition) is 2. The molecule has 0 atom stereocenters. The number of rotatable bonds is 4. The predicted octanol–water partition coefficient (Wildman–Crippen LogP) is 5.34. The van der Waals surface area contributed by atoms with Crippen LogP contribution in [0.3, 0.4) is 0 Å². The Bertz CT molecular complexity index is 1090. The Morgan fingerprint density at radius 2 is 1.96 bits per heavy atom. The monoisotopic (exact) mass is 364 g/mol. The molecule has 0 saturated heterocycles. The molecular weight excluding hydrogens is 348 g/mol. The number of aromatic amines is 1. The minimum atomic E-state index is 0.738. The molecule has 0 fully saturated rings. The fourth-order valence-electron chi connectivity index (χ4n) is 2.84. The van der Waals surface area contributed by atoms with E-state index in [1.807, 2.05) is 55.5 Å². The molecule has 0 radical (unpaired) electrons. The number of anilines is 2. The number of halogens is 1. The van der Waals surface area contributed by atoms with Crippen LogP contribution in [0.4, 0.5) is 11.5 Å². The van der Waals surface area contributed by atoms with Crippen LogP contribution in [0.1, 0.15) is 5.56 Å². The quantitative estimate of drug-likeness (QED) is 0.513. The van der Waals surface area contributed by atoms with Gasteiger partial charge < -0.3 is 15.0 Å². The molecule has 0 amide bonds. The summed E-state index contributed by atoms with van der Waals surface area (Å²) >= 11 is 6.11. The van der Waals surface area contributed by atoms with E-state index < -0.39 is 0 Å². The van der Waals surface area contributed by atoms with E-state index in [2.05, 4.69) is 20.3 Å². The first-order chi connectivity index (χ1) is 12.6. The van der Waals surface area contributed by atoms with E-state index in [9.17, 15) is 0 Å².